The smallest absolute Gasteiger partial charge is 0.267 e. The molecule has 0 aliphatic carbocycles. The largest absolute Gasteiger partial charge is 0.271 e. The molecule has 1 amide bonds. The van der Waals surface area contributed by atoms with Gasteiger partial charge in [-0.1, -0.05) is 42.3 Å². The van der Waals surface area contributed by atoms with E-state index in [2.05, 4.69) is 22.4 Å². The fraction of sp³-hybridized carbons (Fsp3) is 0. The van der Waals surface area contributed by atoms with Crippen molar-refractivity contribution >= 4 is 12.1 Å². The van der Waals surface area contributed by atoms with Crippen molar-refractivity contribution in [1.82, 2.24) is 5.43 Å². The molecule has 0 spiro atoms. The van der Waals surface area contributed by atoms with Gasteiger partial charge in [0.2, 0.25) is 0 Å². The minimum Gasteiger partial charge on any atom is -0.267 e. The van der Waals surface area contributed by atoms with E-state index in [1.54, 1.807) is 24.3 Å². The van der Waals surface area contributed by atoms with Gasteiger partial charge < -0.3 is 0 Å². The van der Waals surface area contributed by atoms with Crippen molar-refractivity contribution in [2.45, 2.75) is 0 Å². The minimum atomic E-state index is -0.252. The van der Waals surface area contributed by atoms with E-state index in [-0.39, 0.29) is 5.91 Å². The van der Waals surface area contributed by atoms with Gasteiger partial charge in [-0.2, -0.15) is 5.10 Å². The molecule has 0 heterocycles. The minimum absolute atomic E-state index is 0.252. The van der Waals surface area contributed by atoms with E-state index in [4.69, 9.17) is 0 Å². The average Bonchev–Trinajstić information content (AvgIpc) is 2.49. The first-order chi connectivity index (χ1) is 9.36. The van der Waals surface area contributed by atoms with Crippen LogP contribution in [0.5, 0.6) is 0 Å². The number of benzene rings is 2. The fourth-order valence-electron chi connectivity index (χ4n) is 1.41. The van der Waals surface area contributed by atoms with Crippen LogP contribution < -0.4 is 5.43 Å². The highest BCUT2D eigenvalue weighted by Crippen LogP contribution is 1.97. The number of carbonyl (C=O) groups is 1. The molecule has 2 rings (SSSR count). The first-order valence-electron chi connectivity index (χ1n) is 5.80. The lowest BCUT2D eigenvalue weighted by atomic mass is 10.2. The predicted molar refractivity (Wildman–Crippen MR) is 75.7 cm³/mol. The summed E-state index contributed by atoms with van der Waals surface area (Å²) < 4.78 is 0. The van der Waals surface area contributed by atoms with Gasteiger partial charge in [-0.15, -0.1) is 0 Å². The Morgan fingerprint density at radius 2 is 1.63 bits per heavy atom. The Labute approximate surface area is 112 Å². The highest BCUT2D eigenvalue weighted by atomic mass is 16.2. The van der Waals surface area contributed by atoms with Crippen molar-refractivity contribution < 1.29 is 4.79 Å². The Balaban J connectivity index is 1.88. The van der Waals surface area contributed by atoms with Gasteiger partial charge in [-0.3, -0.25) is 4.79 Å². The summed E-state index contributed by atoms with van der Waals surface area (Å²) in [6.45, 7) is 0. The quantitative estimate of drug-likeness (QED) is 0.495. The predicted octanol–water partition coefficient (Wildman–Crippen LogP) is 2.45. The van der Waals surface area contributed by atoms with E-state index < -0.39 is 0 Å². The number of nitrogens with zero attached hydrogens (tertiary/aromatic N) is 1. The number of hydrazone groups is 1. The lowest BCUT2D eigenvalue weighted by Crippen LogP contribution is -2.16. The molecule has 0 bridgehead atoms. The summed E-state index contributed by atoms with van der Waals surface area (Å²) in [5.41, 5.74) is 3.88. The van der Waals surface area contributed by atoms with Crippen molar-refractivity contribution in [2.24, 2.45) is 5.10 Å². The normalized spacial score (nSPS) is 9.68. The Morgan fingerprint density at radius 1 is 1.00 bits per heavy atom. The number of hydrogen-bond acceptors (Lipinski definition) is 2. The molecule has 92 valence electrons. The third-order valence-corrected chi connectivity index (χ3v) is 2.32. The van der Waals surface area contributed by atoms with Gasteiger partial charge in [0, 0.05) is 11.1 Å². The molecular formula is C16H12N2O. The van der Waals surface area contributed by atoms with Crippen molar-refractivity contribution in [3.05, 3.63) is 71.8 Å². The van der Waals surface area contributed by atoms with Crippen LogP contribution in [0, 0.1) is 11.8 Å². The molecule has 0 atom stereocenters. The monoisotopic (exact) mass is 248 g/mol. The number of nitrogens with one attached hydrogen (secondary N) is 1. The molecule has 1 N–H and O–H groups in total. The fourth-order valence-corrected chi connectivity index (χ4v) is 1.41. The maximum Gasteiger partial charge on any atom is 0.271 e. The molecule has 0 aromatic heterocycles. The van der Waals surface area contributed by atoms with Crippen LogP contribution in [-0.4, -0.2) is 12.1 Å². The molecule has 0 unspecified atom stereocenters. The van der Waals surface area contributed by atoms with E-state index in [1.165, 1.54) is 6.21 Å². The first kappa shape index (κ1) is 12.6. The lowest BCUT2D eigenvalue weighted by molar-refractivity contribution is 0.0955. The summed E-state index contributed by atoms with van der Waals surface area (Å²) in [7, 11) is 0. The number of hydrogen-bond donors (Lipinski definition) is 1. The van der Waals surface area contributed by atoms with Crippen LogP contribution in [0.15, 0.2) is 65.8 Å². The molecule has 2 aromatic carbocycles. The standard InChI is InChI=1S/C16H12N2O/c19-16(15-11-5-2-6-12-15)18-17-13-7-10-14-8-3-1-4-9-14/h1-6,8-9,11-13H,(H,18,19)/b17-13+. The highest BCUT2D eigenvalue weighted by molar-refractivity contribution is 5.94. The van der Waals surface area contributed by atoms with Crippen LogP contribution in [0.3, 0.4) is 0 Å². The topological polar surface area (TPSA) is 41.5 Å². The molecular weight excluding hydrogens is 236 g/mol. The zero-order valence-electron chi connectivity index (χ0n) is 10.2. The molecule has 0 radical (unpaired) electrons. The zero-order chi connectivity index (χ0) is 13.3. The Bertz CT molecular complexity index is 622. The Kier molecular flexibility index (Phi) is 4.49. The van der Waals surface area contributed by atoms with Crippen molar-refractivity contribution in [1.29, 1.82) is 0 Å². The molecule has 0 fully saturated rings. The number of rotatable bonds is 2. The van der Waals surface area contributed by atoms with Gasteiger partial charge in [0.15, 0.2) is 0 Å². The van der Waals surface area contributed by atoms with Gasteiger partial charge in [0.25, 0.3) is 5.91 Å². The SMILES string of the molecule is O=C(N/N=C/C#Cc1ccccc1)c1ccccc1. The zero-order valence-corrected chi connectivity index (χ0v) is 10.2. The van der Waals surface area contributed by atoms with Crippen LogP contribution in [0.25, 0.3) is 0 Å². The van der Waals surface area contributed by atoms with Crippen LogP contribution in [-0.2, 0) is 0 Å². The van der Waals surface area contributed by atoms with E-state index in [1.807, 2.05) is 36.4 Å². The van der Waals surface area contributed by atoms with E-state index in [0.717, 1.165) is 5.56 Å². The summed E-state index contributed by atoms with van der Waals surface area (Å²) >= 11 is 0. The highest BCUT2D eigenvalue weighted by Gasteiger charge is 2.00. The van der Waals surface area contributed by atoms with Crippen molar-refractivity contribution in [2.75, 3.05) is 0 Å². The van der Waals surface area contributed by atoms with Crippen molar-refractivity contribution in [3.63, 3.8) is 0 Å². The van der Waals surface area contributed by atoms with Crippen LogP contribution >= 0.6 is 0 Å². The first-order valence-corrected chi connectivity index (χ1v) is 5.80. The van der Waals surface area contributed by atoms with Gasteiger partial charge in [-0.25, -0.2) is 5.43 Å². The van der Waals surface area contributed by atoms with E-state index in [0.29, 0.717) is 5.56 Å². The third-order valence-electron chi connectivity index (χ3n) is 2.32. The Hall–Kier alpha value is -2.86. The number of carbonyl (C=O) groups excluding carboxylic acids is 1. The van der Waals surface area contributed by atoms with Crippen LogP contribution in [0.4, 0.5) is 0 Å². The summed E-state index contributed by atoms with van der Waals surface area (Å²) in [5, 5.41) is 3.76. The molecule has 3 nitrogen and oxygen atoms in total. The summed E-state index contributed by atoms with van der Waals surface area (Å²) in [4.78, 5) is 11.6. The molecule has 0 aliphatic heterocycles. The van der Waals surface area contributed by atoms with Crippen LogP contribution in [0.2, 0.25) is 0 Å². The van der Waals surface area contributed by atoms with E-state index in [9.17, 15) is 4.79 Å². The molecule has 19 heavy (non-hydrogen) atoms. The second kappa shape index (κ2) is 6.77. The second-order valence-electron chi connectivity index (χ2n) is 3.70. The van der Waals surface area contributed by atoms with E-state index >= 15 is 0 Å². The average molecular weight is 248 g/mol. The molecule has 0 saturated carbocycles. The summed E-state index contributed by atoms with van der Waals surface area (Å²) in [6.07, 6.45) is 1.37. The van der Waals surface area contributed by atoms with Gasteiger partial charge in [0.1, 0.15) is 0 Å². The summed E-state index contributed by atoms with van der Waals surface area (Å²) in [6, 6.07) is 18.5. The van der Waals surface area contributed by atoms with Crippen LogP contribution in [0.1, 0.15) is 15.9 Å². The van der Waals surface area contributed by atoms with Crippen molar-refractivity contribution in [3.8, 4) is 11.8 Å². The molecule has 0 aliphatic rings. The van der Waals surface area contributed by atoms with Gasteiger partial charge in [-0.05, 0) is 30.2 Å². The lowest BCUT2D eigenvalue weighted by Gasteiger charge is -1.96. The second-order valence-corrected chi connectivity index (χ2v) is 3.70. The molecule has 2 aromatic rings. The third kappa shape index (κ3) is 4.14. The maximum absolute atomic E-state index is 11.6. The maximum atomic E-state index is 11.6. The molecule has 3 heteroatoms. The molecule has 0 saturated heterocycles. The Morgan fingerprint density at radius 3 is 2.32 bits per heavy atom. The number of amides is 1. The summed E-state index contributed by atoms with van der Waals surface area (Å²) in [5.74, 6) is 5.41. The van der Waals surface area contributed by atoms with Gasteiger partial charge >= 0.3 is 0 Å². The van der Waals surface area contributed by atoms with Gasteiger partial charge in [0.05, 0.1) is 6.21 Å².